The van der Waals surface area contributed by atoms with E-state index in [4.69, 9.17) is 4.74 Å². The molecule has 160 valence electrons. The summed E-state index contributed by atoms with van der Waals surface area (Å²) in [6, 6.07) is 15.9. The Balaban J connectivity index is 1.34. The van der Waals surface area contributed by atoms with Gasteiger partial charge in [0, 0.05) is 13.1 Å². The van der Waals surface area contributed by atoms with E-state index in [1.54, 1.807) is 7.11 Å². The Morgan fingerprint density at radius 1 is 1.10 bits per heavy atom. The molecule has 1 N–H and O–H groups in total. The number of carbonyl (C=O) groups excluding carboxylic acids is 2. The van der Waals surface area contributed by atoms with Crippen molar-refractivity contribution in [2.24, 2.45) is 0 Å². The number of nitrogens with one attached hydrogen (secondary N) is 1. The number of carbonyl (C=O) groups is 2. The molecule has 2 aliphatic heterocycles. The van der Waals surface area contributed by atoms with Crippen LogP contribution in [0.15, 0.2) is 54.6 Å². The standard InChI is InChI=1S/C25H27N3O3/c1-31-21-9-10-22-20(16-21)8-5-13-25(22)23(29)28(24(30)26-25)17-27-14-11-19(12-15-27)18-6-3-2-4-7-18/h2-4,6-7,9-11,16H,5,8,12-15,17H2,1H3,(H,26,30)/t25-/m0/s1. The summed E-state index contributed by atoms with van der Waals surface area (Å²) >= 11 is 0. The van der Waals surface area contributed by atoms with Crippen molar-refractivity contribution >= 4 is 17.5 Å². The third-order valence-corrected chi connectivity index (χ3v) is 6.73. The van der Waals surface area contributed by atoms with Gasteiger partial charge in [-0.05, 0) is 60.1 Å². The van der Waals surface area contributed by atoms with Crippen LogP contribution in [0, 0.1) is 0 Å². The van der Waals surface area contributed by atoms with Gasteiger partial charge < -0.3 is 10.1 Å². The van der Waals surface area contributed by atoms with Crippen LogP contribution in [0.2, 0.25) is 0 Å². The molecule has 0 radical (unpaired) electrons. The molecule has 6 heteroatoms. The van der Waals surface area contributed by atoms with E-state index in [-0.39, 0.29) is 11.9 Å². The lowest BCUT2D eigenvalue weighted by Crippen LogP contribution is -2.47. The lowest BCUT2D eigenvalue weighted by atomic mass is 9.76. The van der Waals surface area contributed by atoms with Crippen LogP contribution >= 0.6 is 0 Å². The quantitative estimate of drug-likeness (QED) is 0.774. The van der Waals surface area contributed by atoms with Gasteiger partial charge in [0.25, 0.3) is 5.91 Å². The van der Waals surface area contributed by atoms with Crippen molar-refractivity contribution in [3.63, 3.8) is 0 Å². The SMILES string of the molecule is COc1ccc2c(c1)CCC[C@]21NC(=O)N(CN2CC=C(c3ccccc3)CC2)C1=O. The Bertz CT molecular complexity index is 1050. The third kappa shape index (κ3) is 3.41. The number of ether oxygens (including phenoxy) is 1. The van der Waals surface area contributed by atoms with E-state index >= 15 is 0 Å². The first-order valence-corrected chi connectivity index (χ1v) is 10.9. The van der Waals surface area contributed by atoms with Gasteiger partial charge in [-0.2, -0.15) is 0 Å². The molecule has 2 aromatic rings. The Morgan fingerprint density at radius 3 is 2.68 bits per heavy atom. The summed E-state index contributed by atoms with van der Waals surface area (Å²) in [6.07, 6.45) is 5.48. The highest BCUT2D eigenvalue weighted by Gasteiger charge is 2.54. The number of methoxy groups -OCH3 is 1. The van der Waals surface area contributed by atoms with E-state index in [0.717, 1.165) is 49.2 Å². The number of hydrogen-bond donors (Lipinski definition) is 1. The van der Waals surface area contributed by atoms with Crippen molar-refractivity contribution < 1.29 is 14.3 Å². The Labute approximate surface area is 182 Å². The van der Waals surface area contributed by atoms with Crippen molar-refractivity contribution in [1.29, 1.82) is 0 Å². The zero-order chi connectivity index (χ0) is 21.4. The van der Waals surface area contributed by atoms with Gasteiger partial charge in [0.05, 0.1) is 13.8 Å². The molecule has 1 fully saturated rings. The number of urea groups is 1. The predicted octanol–water partition coefficient (Wildman–Crippen LogP) is 3.53. The first-order valence-electron chi connectivity index (χ1n) is 10.9. The number of rotatable bonds is 4. The van der Waals surface area contributed by atoms with Crippen LogP contribution in [0.3, 0.4) is 0 Å². The maximum absolute atomic E-state index is 13.5. The molecule has 2 aromatic carbocycles. The van der Waals surface area contributed by atoms with Gasteiger partial charge >= 0.3 is 6.03 Å². The van der Waals surface area contributed by atoms with Crippen molar-refractivity contribution in [2.45, 2.75) is 31.2 Å². The summed E-state index contributed by atoms with van der Waals surface area (Å²) in [5, 5.41) is 3.04. The number of nitrogens with zero attached hydrogens (tertiary/aromatic N) is 2. The van der Waals surface area contributed by atoms with Gasteiger partial charge in [-0.1, -0.05) is 42.5 Å². The second-order valence-corrected chi connectivity index (χ2v) is 8.51. The third-order valence-electron chi connectivity index (χ3n) is 6.73. The van der Waals surface area contributed by atoms with Crippen LogP contribution in [-0.2, 0) is 16.8 Å². The Hall–Kier alpha value is -3.12. The van der Waals surface area contributed by atoms with Gasteiger partial charge in [0.15, 0.2) is 0 Å². The summed E-state index contributed by atoms with van der Waals surface area (Å²) in [7, 11) is 1.64. The topological polar surface area (TPSA) is 61.9 Å². The van der Waals surface area contributed by atoms with Crippen LogP contribution in [0.1, 0.15) is 36.0 Å². The predicted molar refractivity (Wildman–Crippen MR) is 118 cm³/mol. The first-order chi connectivity index (χ1) is 15.1. The fourth-order valence-corrected chi connectivity index (χ4v) is 5.06. The number of fused-ring (bicyclic) bond motifs is 2. The Morgan fingerprint density at radius 2 is 1.94 bits per heavy atom. The highest BCUT2D eigenvalue weighted by Crippen LogP contribution is 2.41. The molecule has 0 saturated carbocycles. The van der Waals surface area contributed by atoms with E-state index in [0.29, 0.717) is 13.1 Å². The van der Waals surface area contributed by atoms with E-state index in [1.165, 1.54) is 16.0 Å². The minimum atomic E-state index is -0.947. The summed E-state index contributed by atoms with van der Waals surface area (Å²) in [4.78, 5) is 30.0. The number of benzene rings is 2. The van der Waals surface area contributed by atoms with Crippen molar-refractivity contribution in [3.8, 4) is 5.75 Å². The molecule has 1 atom stereocenters. The van der Waals surface area contributed by atoms with E-state index in [9.17, 15) is 9.59 Å². The minimum Gasteiger partial charge on any atom is -0.497 e. The second kappa shape index (κ2) is 7.85. The lowest BCUT2D eigenvalue weighted by molar-refractivity contribution is -0.133. The molecule has 1 aliphatic carbocycles. The van der Waals surface area contributed by atoms with E-state index in [1.807, 2.05) is 36.4 Å². The fourth-order valence-electron chi connectivity index (χ4n) is 5.06. The molecule has 3 amide bonds. The molecule has 1 spiro atoms. The van der Waals surface area contributed by atoms with Crippen molar-refractivity contribution in [3.05, 3.63) is 71.3 Å². The van der Waals surface area contributed by atoms with Gasteiger partial charge in [-0.15, -0.1) is 0 Å². The van der Waals surface area contributed by atoms with Gasteiger partial charge in [-0.3, -0.25) is 9.69 Å². The number of imide groups is 1. The molecule has 6 nitrogen and oxygen atoms in total. The second-order valence-electron chi connectivity index (χ2n) is 8.51. The molecule has 5 rings (SSSR count). The number of aryl methyl sites for hydroxylation is 1. The van der Waals surface area contributed by atoms with Crippen molar-refractivity contribution in [2.75, 3.05) is 26.9 Å². The molecule has 1 saturated heterocycles. The number of hydrogen-bond acceptors (Lipinski definition) is 4. The highest BCUT2D eigenvalue weighted by atomic mass is 16.5. The monoisotopic (exact) mass is 417 g/mol. The van der Waals surface area contributed by atoms with Crippen LogP contribution in [0.5, 0.6) is 5.75 Å². The largest absolute Gasteiger partial charge is 0.497 e. The zero-order valence-corrected chi connectivity index (χ0v) is 17.8. The first kappa shape index (κ1) is 19.8. The molecular weight excluding hydrogens is 390 g/mol. The lowest BCUT2D eigenvalue weighted by Gasteiger charge is -2.34. The smallest absolute Gasteiger partial charge is 0.326 e. The maximum atomic E-state index is 13.5. The minimum absolute atomic E-state index is 0.138. The van der Waals surface area contributed by atoms with Gasteiger partial charge in [-0.25, -0.2) is 9.69 Å². The summed E-state index contributed by atoms with van der Waals surface area (Å²) in [6.45, 7) is 1.86. The summed E-state index contributed by atoms with van der Waals surface area (Å²) in [5.74, 6) is 0.639. The normalized spacial score (nSPS) is 23.5. The summed E-state index contributed by atoms with van der Waals surface area (Å²) < 4.78 is 5.35. The molecule has 3 aliphatic rings. The van der Waals surface area contributed by atoms with Crippen LogP contribution < -0.4 is 10.1 Å². The molecular formula is C25H27N3O3. The average Bonchev–Trinajstić information content (AvgIpc) is 3.04. The van der Waals surface area contributed by atoms with Crippen LogP contribution in [0.25, 0.3) is 5.57 Å². The maximum Gasteiger partial charge on any atom is 0.326 e. The summed E-state index contributed by atoms with van der Waals surface area (Å²) in [5.41, 5.74) is 3.60. The molecule has 2 heterocycles. The van der Waals surface area contributed by atoms with Crippen molar-refractivity contribution in [1.82, 2.24) is 15.1 Å². The van der Waals surface area contributed by atoms with Gasteiger partial charge in [0.2, 0.25) is 0 Å². The molecule has 0 aromatic heterocycles. The zero-order valence-electron chi connectivity index (χ0n) is 17.8. The van der Waals surface area contributed by atoms with Crippen LogP contribution in [0.4, 0.5) is 4.79 Å². The van der Waals surface area contributed by atoms with Crippen LogP contribution in [-0.4, -0.2) is 48.6 Å². The van der Waals surface area contributed by atoms with Gasteiger partial charge in [0.1, 0.15) is 11.3 Å². The molecule has 0 unspecified atom stereocenters. The average molecular weight is 418 g/mol. The number of amides is 3. The van der Waals surface area contributed by atoms with E-state index < -0.39 is 5.54 Å². The molecule has 0 bridgehead atoms. The van der Waals surface area contributed by atoms with E-state index in [2.05, 4.69) is 28.4 Å². The Kier molecular flexibility index (Phi) is 5.02. The molecule has 31 heavy (non-hydrogen) atoms. The highest BCUT2D eigenvalue weighted by molar-refractivity contribution is 6.07. The fraction of sp³-hybridized carbons (Fsp3) is 0.360.